The monoisotopic (exact) mass is 237 g/mol. The lowest BCUT2D eigenvalue weighted by molar-refractivity contribution is 0.484. The Balaban J connectivity index is 2.95. The van der Waals surface area contributed by atoms with Crippen LogP contribution < -0.4 is 5.32 Å². The molecule has 0 aliphatic heterocycles. The van der Waals surface area contributed by atoms with Gasteiger partial charge in [0.2, 0.25) is 0 Å². The molecule has 4 nitrogen and oxygen atoms in total. The van der Waals surface area contributed by atoms with Crippen LogP contribution in [0.15, 0.2) is 41.3 Å². The SMILES string of the molecule is CNc1ccc2ccccc2c1S(=O)(=O)O. The van der Waals surface area contributed by atoms with E-state index >= 15 is 0 Å². The van der Waals surface area contributed by atoms with Gasteiger partial charge in [-0.25, -0.2) is 0 Å². The van der Waals surface area contributed by atoms with Crippen molar-refractivity contribution in [2.75, 3.05) is 12.4 Å². The summed E-state index contributed by atoms with van der Waals surface area (Å²) in [5, 5.41) is 4.04. The standard InChI is InChI=1S/C11H11NO3S/c1-12-10-7-6-8-4-2-3-5-9(8)11(10)16(13,14)15/h2-7,12H,1H3,(H,13,14,15). The Morgan fingerprint density at radius 1 is 1.12 bits per heavy atom. The van der Waals surface area contributed by atoms with Gasteiger partial charge in [-0.15, -0.1) is 0 Å². The predicted octanol–water partition coefficient (Wildman–Crippen LogP) is 2.13. The number of fused-ring (bicyclic) bond motifs is 1. The van der Waals surface area contributed by atoms with Gasteiger partial charge in [-0.3, -0.25) is 4.55 Å². The summed E-state index contributed by atoms with van der Waals surface area (Å²) in [4.78, 5) is -0.0758. The number of anilines is 1. The fourth-order valence-electron chi connectivity index (χ4n) is 1.72. The molecule has 5 heteroatoms. The van der Waals surface area contributed by atoms with Crippen molar-refractivity contribution >= 4 is 26.6 Å². The maximum Gasteiger partial charge on any atom is 0.297 e. The second-order valence-electron chi connectivity index (χ2n) is 3.39. The lowest BCUT2D eigenvalue weighted by atomic mass is 10.1. The maximum atomic E-state index is 11.3. The van der Waals surface area contributed by atoms with Crippen LogP contribution in [0.1, 0.15) is 0 Å². The molecule has 0 unspecified atom stereocenters. The van der Waals surface area contributed by atoms with E-state index in [0.717, 1.165) is 5.39 Å². The van der Waals surface area contributed by atoms with Gasteiger partial charge in [0, 0.05) is 12.4 Å². The Morgan fingerprint density at radius 2 is 1.81 bits per heavy atom. The summed E-state index contributed by atoms with van der Waals surface area (Å²) in [6.45, 7) is 0. The van der Waals surface area contributed by atoms with Crippen molar-refractivity contribution in [3.8, 4) is 0 Å². The van der Waals surface area contributed by atoms with Gasteiger partial charge in [-0.2, -0.15) is 8.42 Å². The summed E-state index contributed by atoms with van der Waals surface area (Å²) >= 11 is 0. The van der Waals surface area contributed by atoms with Crippen molar-refractivity contribution in [3.05, 3.63) is 36.4 Å². The lowest BCUT2D eigenvalue weighted by Gasteiger charge is -2.09. The van der Waals surface area contributed by atoms with Gasteiger partial charge in [-0.1, -0.05) is 30.3 Å². The van der Waals surface area contributed by atoms with E-state index in [9.17, 15) is 13.0 Å². The zero-order chi connectivity index (χ0) is 11.8. The van der Waals surface area contributed by atoms with Gasteiger partial charge >= 0.3 is 0 Å². The van der Waals surface area contributed by atoms with Crippen molar-refractivity contribution < 1.29 is 13.0 Å². The topological polar surface area (TPSA) is 66.4 Å². The van der Waals surface area contributed by atoms with Crippen LogP contribution in [0, 0.1) is 0 Å². The van der Waals surface area contributed by atoms with E-state index in [0.29, 0.717) is 11.1 Å². The molecule has 0 aliphatic carbocycles. The Hall–Kier alpha value is -1.59. The highest BCUT2D eigenvalue weighted by Gasteiger charge is 2.18. The Kier molecular flexibility index (Phi) is 2.57. The average molecular weight is 237 g/mol. The van der Waals surface area contributed by atoms with Gasteiger partial charge in [-0.05, 0) is 11.5 Å². The molecule has 0 aromatic heterocycles. The molecule has 0 aliphatic rings. The van der Waals surface area contributed by atoms with Crippen molar-refractivity contribution in [2.24, 2.45) is 0 Å². The zero-order valence-corrected chi connectivity index (χ0v) is 9.45. The van der Waals surface area contributed by atoms with E-state index in [1.54, 1.807) is 37.4 Å². The lowest BCUT2D eigenvalue weighted by Crippen LogP contribution is -2.04. The van der Waals surface area contributed by atoms with Gasteiger partial charge in [0.25, 0.3) is 10.1 Å². The molecule has 0 spiro atoms. The normalized spacial score (nSPS) is 11.6. The zero-order valence-electron chi connectivity index (χ0n) is 8.64. The maximum absolute atomic E-state index is 11.3. The van der Waals surface area contributed by atoms with Gasteiger partial charge in [0.05, 0.1) is 5.69 Å². The van der Waals surface area contributed by atoms with E-state index in [-0.39, 0.29) is 4.90 Å². The van der Waals surface area contributed by atoms with E-state index in [4.69, 9.17) is 0 Å². The third kappa shape index (κ3) is 1.75. The van der Waals surface area contributed by atoms with Gasteiger partial charge in [0.15, 0.2) is 0 Å². The summed E-state index contributed by atoms with van der Waals surface area (Å²) in [7, 11) is -2.62. The third-order valence-corrected chi connectivity index (χ3v) is 3.36. The van der Waals surface area contributed by atoms with Crippen LogP contribution in [0.2, 0.25) is 0 Å². The minimum absolute atomic E-state index is 0.0758. The van der Waals surface area contributed by atoms with Crippen LogP contribution in [0.3, 0.4) is 0 Å². The van der Waals surface area contributed by atoms with Crippen LogP contribution in [-0.2, 0) is 10.1 Å². The summed E-state index contributed by atoms with van der Waals surface area (Å²) in [5.41, 5.74) is 0.390. The Morgan fingerprint density at radius 3 is 2.44 bits per heavy atom. The number of rotatable bonds is 2. The summed E-state index contributed by atoms with van der Waals surface area (Å²) in [5.74, 6) is 0. The molecule has 0 radical (unpaired) electrons. The average Bonchev–Trinajstić information content (AvgIpc) is 2.26. The van der Waals surface area contributed by atoms with E-state index in [1.807, 2.05) is 6.07 Å². The molecule has 2 rings (SSSR count). The molecule has 0 fully saturated rings. The first kappa shape index (κ1) is 10.9. The molecule has 0 amide bonds. The number of benzene rings is 2. The molecule has 0 saturated heterocycles. The smallest absolute Gasteiger partial charge is 0.297 e. The van der Waals surface area contributed by atoms with E-state index in [2.05, 4.69) is 5.32 Å². The first-order valence-corrected chi connectivity index (χ1v) is 6.15. The molecule has 0 heterocycles. The molecular weight excluding hydrogens is 226 g/mol. The van der Waals surface area contributed by atoms with Crippen molar-refractivity contribution in [2.45, 2.75) is 4.90 Å². The first-order chi connectivity index (χ1) is 7.54. The molecular formula is C11H11NO3S. The minimum atomic E-state index is -4.23. The third-order valence-electron chi connectivity index (χ3n) is 2.41. The highest BCUT2D eigenvalue weighted by Crippen LogP contribution is 2.29. The molecule has 0 atom stereocenters. The molecule has 16 heavy (non-hydrogen) atoms. The summed E-state index contributed by atoms with van der Waals surface area (Å²) < 4.78 is 31.9. The second-order valence-corrected chi connectivity index (χ2v) is 4.75. The van der Waals surface area contributed by atoms with Crippen LogP contribution in [0.25, 0.3) is 10.8 Å². The molecule has 84 valence electrons. The summed E-state index contributed by atoms with van der Waals surface area (Å²) in [6, 6.07) is 10.4. The first-order valence-electron chi connectivity index (χ1n) is 4.71. The van der Waals surface area contributed by atoms with Gasteiger partial charge < -0.3 is 5.32 Å². The Bertz CT molecular complexity index is 635. The fraction of sp³-hybridized carbons (Fsp3) is 0.0909. The van der Waals surface area contributed by atoms with Crippen LogP contribution in [-0.4, -0.2) is 20.0 Å². The fourth-order valence-corrected chi connectivity index (χ4v) is 2.63. The highest BCUT2D eigenvalue weighted by atomic mass is 32.2. The van der Waals surface area contributed by atoms with Crippen LogP contribution >= 0.6 is 0 Å². The van der Waals surface area contributed by atoms with E-state index in [1.165, 1.54) is 0 Å². The van der Waals surface area contributed by atoms with Crippen molar-refractivity contribution in [1.82, 2.24) is 0 Å². The van der Waals surface area contributed by atoms with Crippen molar-refractivity contribution in [1.29, 1.82) is 0 Å². The Labute approximate surface area is 93.7 Å². The van der Waals surface area contributed by atoms with Crippen LogP contribution in [0.4, 0.5) is 5.69 Å². The molecule has 2 aromatic rings. The van der Waals surface area contributed by atoms with Gasteiger partial charge in [0.1, 0.15) is 4.90 Å². The molecule has 0 saturated carbocycles. The quantitative estimate of drug-likeness (QED) is 0.785. The van der Waals surface area contributed by atoms with E-state index < -0.39 is 10.1 Å². The van der Waals surface area contributed by atoms with Crippen molar-refractivity contribution in [3.63, 3.8) is 0 Å². The number of nitrogens with one attached hydrogen (secondary N) is 1. The predicted molar refractivity (Wildman–Crippen MR) is 63.3 cm³/mol. The van der Waals surface area contributed by atoms with Crippen LogP contribution in [0.5, 0.6) is 0 Å². The second kappa shape index (κ2) is 3.77. The largest absolute Gasteiger partial charge is 0.387 e. The molecule has 2 aromatic carbocycles. The molecule has 2 N–H and O–H groups in total. The number of hydrogen-bond donors (Lipinski definition) is 2. The summed E-state index contributed by atoms with van der Waals surface area (Å²) in [6.07, 6.45) is 0. The molecule has 0 bridgehead atoms. The number of hydrogen-bond acceptors (Lipinski definition) is 3. The highest BCUT2D eigenvalue weighted by molar-refractivity contribution is 7.86. The minimum Gasteiger partial charge on any atom is -0.387 e.